The highest BCUT2D eigenvalue weighted by Gasteiger charge is 2.60. The number of ether oxygens (including phenoxy) is 2. The van der Waals surface area contributed by atoms with Crippen molar-refractivity contribution in [2.24, 2.45) is 5.92 Å². The van der Waals surface area contributed by atoms with Gasteiger partial charge in [-0.3, -0.25) is 0 Å². The maximum atomic E-state index is 13.9. The maximum absolute atomic E-state index is 13.9. The summed E-state index contributed by atoms with van der Waals surface area (Å²) in [6, 6.07) is 5.17. The fourth-order valence-corrected chi connectivity index (χ4v) is 3.84. The van der Waals surface area contributed by atoms with Crippen molar-refractivity contribution < 1.29 is 13.9 Å². The molecule has 2 saturated heterocycles. The van der Waals surface area contributed by atoms with Crippen LogP contribution in [0.15, 0.2) is 18.2 Å². The van der Waals surface area contributed by atoms with E-state index in [4.69, 9.17) is 9.47 Å². The SMILES string of the molecule is Cc1cccc(F)c1COC1CC2(C(C)C)CCC1(C)O2. The summed E-state index contributed by atoms with van der Waals surface area (Å²) in [5, 5.41) is 0. The van der Waals surface area contributed by atoms with E-state index in [2.05, 4.69) is 20.8 Å². The molecule has 2 aliphatic heterocycles. The molecule has 3 unspecified atom stereocenters. The molecule has 0 aliphatic carbocycles. The fourth-order valence-electron chi connectivity index (χ4n) is 3.84. The molecular weight excluding hydrogens is 267 g/mol. The largest absolute Gasteiger partial charge is 0.370 e. The van der Waals surface area contributed by atoms with Crippen LogP contribution >= 0.6 is 0 Å². The third-order valence-corrected chi connectivity index (χ3v) is 5.53. The Morgan fingerprint density at radius 1 is 1.38 bits per heavy atom. The van der Waals surface area contributed by atoms with Gasteiger partial charge in [0.25, 0.3) is 0 Å². The normalized spacial score (nSPS) is 34.9. The zero-order valence-electron chi connectivity index (χ0n) is 13.4. The van der Waals surface area contributed by atoms with E-state index in [1.165, 1.54) is 6.07 Å². The molecule has 1 aromatic rings. The Morgan fingerprint density at radius 2 is 2.14 bits per heavy atom. The predicted octanol–water partition coefficient (Wildman–Crippen LogP) is 4.39. The van der Waals surface area contributed by atoms with Crippen LogP contribution in [-0.2, 0) is 16.1 Å². The highest BCUT2D eigenvalue weighted by atomic mass is 19.1. The lowest BCUT2D eigenvalue weighted by Gasteiger charge is -2.31. The number of benzene rings is 1. The molecule has 0 N–H and O–H groups in total. The first kappa shape index (κ1) is 15.0. The van der Waals surface area contributed by atoms with Gasteiger partial charge in [-0.2, -0.15) is 0 Å². The maximum Gasteiger partial charge on any atom is 0.128 e. The monoisotopic (exact) mass is 292 g/mol. The molecule has 0 spiro atoms. The summed E-state index contributed by atoms with van der Waals surface area (Å²) in [5.74, 6) is 0.311. The van der Waals surface area contributed by atoms with Crippen molar-refractivity contribution in [3.63, 3.8) is 0 Å². The second-order valence-electron chi connectivity index (χ2n) is 7.17. The molecule has 2 fully saturated rings. The van der Waals surface area contributed by atoms with E-state index < -0.39 is 0 Å². The zero-order chi connectivity index (χ0) is 15.3. The summed E-state index contributed by atoms with van der Waals surface area (Å²) in [7, 11) is 0. The summed E-state index contributed by atoms with van der Waals surface area (Å²) in [5.41, 5.74) is 1.37. The van der Waals surface area contributed by atoms with Crippen LogP contribution in [0.5, 0.6) is 0 Å². The van der Waals surface area contributed by atoms with E-state index in [1.807, 2.05) is 13.0 Å². The van der Waals surface area contributed by atoms with Crippen LogP contribution in [0.1, 0.15) is 51.2 Å². The van der Waals surface area contributed by atoms with Crippen molar-refractivity contribution in [3.05, 3.63) is 35.1 Å². The average molecular weight is 292 g/mol. The van der Waals surface area contributed by atoms with Crippen LogP contribution in [0.25, 0.3) is 0 Å². The summed E-state index contributed by atoms with van der Waals surface area (Å²) < 4.78 is 26.3. The van der Waals surface area contributed by atoms with Crippen molar-refractivity contribution in [1.29, 1.82) is 0 Å². The van der Waals surface area contributed by atoms with Gasteiger partial charge in [-0.1, -0.05) is 26.0 Å². The van der Waals surface area contributed by atoms with Crippen molar-refractivity contribution in [2.45, 2.75) is 70.9 Å². The van der Waals surface area contributed by atoms with E-state index in [1.54, 1.807) is 6.07 Å². The van der Waals surface area contributed by atoms with Crippen LogP contribution in [0.2, 0.25) is 0 Å². The lowest BCUT2D eigenvalue weighted by atomic mass is 9.75. The Morgan fingerprint density at radius 3 is 2.76 bits per heavy atom. The van der Waals surface area contributed by atoms with Gasteiger partial charge < -0.3 is 9.47 Å². The summed E-state index contributed by atoms with van der Waals surface area (Å²) >= 11 is 0. The lowest BCUT2D eigenvalue weighted by molar-refractivity contribution is -0.0962. The van der Waals surface area contributed by atoms with Gasteiger partial charge >= 0.3 is 0 Å². The molecule has 0 amide bonds. The number of fused-ring (bicyclic) bond motifs is 2. The standard InChI is InChI=1S/C18H25FO2/c1-12(2)18-9-8-17(4,21-18)16(10-18)20-11-14-13(3)6-5-7-15(14)19/h5-7,12,16H,8-11H2,1-4H3. The Kier molecular flexibility index (Phi) is 3.61. The molecule has 0 radical (unpaired) electrons. The second kappa shape index (κ2) is 5.06. The molecule has 3 heteroatoms. The molecule has 3 atom stereocenters. The van der Waals surface area contributed by atoms with Crippen LogP contribution in [0.3, 0.4) is 0 Å². The quantitative estimate of drug-likeness (QED) is 0.819. The molecule has 2 heterocycles. The van der Waals surface area contributed by atoms with Gasteiger partial charge in [0.2, 0.25) is 0 Å². The summed E-state index contributed by atoms with van der Waals surface area (Å²) in [4.78, 5) is 0. The van der Waals surface area contributed by atoms with Gasteiger partial charge in [-0.05, 0) is 44.2 Å². The van der Waals surface area contributed by atoms with E-state index in [0.717, 1.165) is 24.8 Å². The van der Waals surface area contributed by atoms with Gasteiger partial charge in [0.15, 0.2) is 0 Å². The van der Waals surface area contributed by atoms with Gasteiger partial charge in [-0.25, -0.2) is 4.39 Å². The fraction of sp³-hybridized carbons (Fsp3) is 0.667. The molecule has 2 nitrogen and oxygen atoms in total. The van der Waals surface area contributed by atoms with Crippen LogP contribution in [-0.4, -0.2) is 17.3 Å². The first-order chi connectivity index (χ1) is 9.86. The summed E-state index contributed by atoms with van der Waals surface area (Å²) in [6.07, 6.45) is 3.13. The minimum absolute atomic E-state index is 0.0380. The van der Waals surface area contributed by atoms with E-state index >= 15 is 0 Å². The minimum Gasteiger partial charge on any atom is -0.370 e. The second-order valence-corrected chi connectivity index (χ2v) is 7.17. The number of hydrogen-bond donors (Lipinski definition) is 0. The smallest absolute Gasteiger partial charge is 0.128 e. The Labute approximate surface area is 126 Å². The van der Waals surface area contributed by atoms with E-state index in [9.17, 15) is 4.39 Å². The number of rotatable bonds is 4. The van der Waals surface area contributed by atoms with Crippen molar-refractivity contribution in [1.82, 2.24) is 0 Å². The van der Waals surface area contributed by atoms with E-state index in [0.29, 0.717) is 18.1 Å². The number of hydrogen-bond acceptors (Lipinski definition) is 2. The predicted molar refractivity (Wildman–Crippen MR) is 80.6 cm³/mol. The Hall–Kier alpha value is -0.930. The molecule has 2 bridgehead atoms. The van der Waals surface area contributed by atoms with Crippen molar-refractivity contribution in [2.75, 3.05) is 0 Å². The molecule has 1 aromatic carbocycles. The Balaban J connectivity index is 1.73. The lowest BCUT2D eigenvalue weighted by Crippen LogP contribution is -2.38. The molecule has 3 rings (SSSR count). The van der Waals surface area contributed by atoms with Gasteiger partial charge in [0.05, 0.1) is 23.9 Å². The molecular formula is C18H25FO2. The minimum atomic E-state index is -0.205. The molecule has 0 aromatic heterocycles. The van der Waals surface area contributed by atoms with Gasteiger partial charge in [0, 0.05) is 12.0 Å². The third-order valence-electron chi connectivity index (χ3n) is 5.53. The topological polar surface area (TPSA) is 18.5 Å². The molecule has 21 heavy (non-hydrogen) atoms. The highest BCUT2D eigenvalue weighted by Crippen LogP contribution is 2.55. The zero-order valence-corrected chi connectivity index (χ0v) is 13.4. The van der Waals surface area contributed by atoms with Gasteiger partial charge in [-0.15, -0.1) is 0 Å². The van der Waals surface area contributed by atoms with Crippen LogP contribution < -0.4 is 0 Å². The number of aryl methyl sites for hydroxylation is 1. The molecule has 116 valence electrons. The first-order valence-electron chi connectivity index (χ1n) is 7.92. The Bertz CT molecular complexity index is 522. The van der Waals surface area contributed by atoms with Crippen molar-refractivity contribution >= 4 is 0 Å². The van der Waals surface area contributed by atoms with Gasteiger partial charge in [0.1, 0.15) is 5.82 Å². The summed E-state index contributed by atoms with van der Waals surface area (Å²) in [6.45, 7) is 8.83. The highest BCUT2D eigenvalue weighted by molar-refractivity contribution is 5.26. The van der Waals surface area contributed by atoms with Crippen LogP contribution in [0.4, 0.5) is 4.39 Å². The third kappa shape index (κ3) is 2.40. The molecule has 2 aliphatic rings. The number of halogens is 1. The first-order valence-corrected chi connectivity index (χ1v) is 7.92. The molecule has 0 saturated carbocycles. The van der Waals surface area contributed by atoms with E-state index in [-0.39, 0.29) is 23.1 Å². The van der Waals surface area contributed by atoms with Crippen molar-refractivity contribution in [3.8, 4) is 0 Å². The average Bonchev–Trinajstić information content (AvgIpc) is 2.90. The van der Waals surface area contributed by atoms with Crippen LogP contribution in [0, 0.1) is 18.7 Å².